The van der Waals surface area contributed by atoms with Gasteiger partial charge in [0.05, 0.1) is 4.79 Å². The van der Waals surface area contributed by atoms with Crippen LogP contribution in [0.25, 0.3) is 0 Å². The van der Waals surface area contributed by atoms with Crippen LogP contribution in [0.4, 0.5) is 0 Å². The molecule has 0 bridgehead atoms. The fourth-order valence-corrected chi connectivity index (χ4v) is 2.08. The highest BCUT2D eigenvalue weighted by molar-refractivity contribution is 5.68. The number of hydroxylamine groups is 1. The SMILES string of the molecule is CCCCCCCCCCCC(=[O+])O[NH2+]CCCC. The molecule has 0 aliphatic heterocycles. The number of hydrogen-bond acceptors (Lipinski definition) is 2. The Labute approximate surface area is 119 Å². The summed E-state index contributed by atoms with van der Waals surface area (Å²) in [7, 11) is 0. The lowest BCUT2D eigenvalue weighted by atomic mass is 10.1. The molecule has 0 amide bonds. The van der Waals surface area contributed by atoms with Gasteiger partial charge in [0.2, 0.25) is 0 Å². The zero-order valence-corrected chi connectivity index (χ0v) is 13.1. The standard InChI is InChI=1S/C16H33NO2/c1-3-5-7-8-9-10-11-12-13-14-16(18)19-17-15-6-4-2/h17H,3-15H2,1-2H3/q+1/p+1. The number of carbonyl (C=O) groups is 1. The topological polar surface area (TPSA) is 45.7 Å². The molecule has 3 heteroatoms. The van der Waals surface area contributed by atoms with E-state index in [0.29, 0.717) is 6.42 Å². The summed E-state index contributed by atoms with van der Waals surface area (Å²) in [6.45, 7) is 5.27. The van der Waals surface area contributed by atoms with Crippen LogP contribution in [0.2, 0.25) is 0 Å². The largest absolute Gasteiger partial charge is 0.638 e. The predicted octanol–water partition coefficient (Wildman–Crippen LogP) is 3.73. The second-order valence-corrected chi connectivity index (χ2v) is 5.38. The summed E-state index contributed by atoms with van der Waals surface area (Å²) in [5.74, 6) is -0.0564. The highest BCUT2D eigenvalue weighted by Crippen LogP contribution is 2.10. The molecule has 0 aliphatic rings. The summed E-state index contributed by atoms with van der Waals surface area (Å²) < 4.78 is 0. The maximum atomic E-state index is 11.4. The normalized spacial score (nSPS) is 10.6. The van der Waals surface area contributed by atoms with Crippen LogP contribution in [0.3, 0.4) is 0 Å². The molecule has 3 nitrogen and oxygen atoms in total. The molecule has 0 fully saturated rings. The van der Waals surface area contributed by atoms with Crippen molar-refractivity contribution in [2.75, 3.05) is 6.54 Å². The molecule has 0 saturated carbocycles. The zero-order valence-electron chi connectivity index (χ0n) is 13.1. The molecule has 0 saturated heterocycles. The summed E-state index contributed by atoms with van der Waals surface area (Å²) in [5.41, 5.74) is 1.67. The van der Waals surface area contributed by atoms with Crippen molar-refractivity contribution in [1.82, 2.24) is 0 Å². The number of hydrogen-bond donors (Lipinski definition) is 1. The number of unbranched alkanes of at least 4 members (excludes halogenated alkanes) is 9. The van der Waals surface area contributed by atoms with E-state index in [2.05, 4.69) is 13.8 Å². The molecule has 1 radical (unpaired) electrons. The predicted molar refractivity (Wildman–Crippen MR) is 79.6 cm³/mol. The van der Waals surface area contributed by atoms with Crippen molar-refractivity contribution < 1.29 is 15.1 Å². The van der Waals surface area contributed by atoms with Crippen LogP contribution in [0.15, 0.2) is 0 Å². The van der Waals surface area contributed by atoms with Gasteiger partial charge in [0.25, 0.3) is 0 Å². The van der Waals surface area contributed by atoms with Gasteiger partial charge in [0.15, 0.2) is 0 Å². The minimum absolute atomic E-state index is 0.0564. The van der Waals surface area contributed by atoms with Crippen LogP contribution in [-0.4, -0.2) is 12.5 Å². The van der Waals surface area contributed by atoms with Crippen LogP contribution >= 0.6 is 0 Å². The van der Waals surface area contributed by atoms with Gasteiger partial charge in [-0.3, -0.25) is 0 Å². The third-order valence-electron chi connectivity index (χ3n) is 3.37. The van der Waals surface area contributed by atoms with Gasteiger partial charge in [-0.05, 0) is 6.42 Å². The molecule has 0 rings (SSSR count). The fraction of sp³-hybridized carbons (Fsp3) is 0.938. The molecular formula is C16H34NO2+2. The summed E-state index contributed by atoms with van der Waals surface area (Å²) in [6.07, 6.45) is 14.4. The molecule has 0 aliphatic carbocycles. The number of rotatable bonds is 14. The van der Waals surface area contributed by atoms with Crippen molar-refractivity contribution in [3.05, 3.63) is 0 Å². The second-order valence-electron chi connectivity index (χ2n) is 5.38. The molecule has 0 heterocycles. The average molecular weight is 272 g/mol. The molecule has 0 atom stereocenters. The van der Waals surface area contributed by atoms with E-state index in [-0.39, 0.29) is 5.97 Å². The summed E-state index contributed by atoms with van der Waals surface area (Å²) in [5, 5.41) is 0. The van der Waals surface area contributed by atoms with Crippen molar-refractivity contribution in [2.45, 2.75) is 90.9 Å². The van der Waals surface area contributed by atoms with Gasteiger partial charge in [-0.2, -0.15) is 0 Å². The zero-order chi connectivity index (χ0) is 14.2. The maximum absolute atomic E-state index is 11.4. The van der Waals surface area contributed by atoms with Crippen LogP contribution in [0.1, 0.15) is 90.9 Å². The van der Waals surface area contributed by atoms with Crippen LogP contribution < -0.4 is 5.48 Å². The van der Waals surface area contributed by atoms with Crippen molar-refractivity contribution in [1.29, 1.82) is 0 Å². The van der Waals surface area contributed by atoms with E-state index in [1.165, 1.54) is 44.9 Å². The molecule has 0 unspecified atom stereocenters. The van der Waals surface area contributed by atoms with E-state index in [1.54, 1.807) is 5.48 Å². The lowest BCUT2D eigenvalue weighted by Gasteiger charge is -1.99. The Kier molecular flexibility index (Phi) is 15.0. The summed E-state index contributed by atoms with van der Waals surface area (Å²) in [6, 6.07) is 0. The molecule has 0 aromatic carbocycles. The Hall–Kier alpha value is -0.570. The third kappa shape index (κ3) is 15.4. The lowest BCUT2D eigenvalue weighted by molar-refractivity contribution is -0.872. The molecule has 2 N–H and O–H groups in total. The van der Waals surface area contributed by atoms with Gasteiger partial charge in [-0.25, -0.2) is 0 Å². The van der Waals surface area contributed by atoms with E-state index >= 15 is 0 Å². The highest BCUT2D eigenvalue weighted by Gasteiger charge is 2.19. The van der Waals surface area contributed by atoms with Gasteiger partial charge in [-0.1, -0.05) is 82.0 Å². The van der Waals surface area contributed by atoms with E-state index in [1.807, 2.05) is 0 Å². The second kappa shape index (κ2) is 15.5. The van der Waals surface area contributed by atoms with Gasteiger partial charge >= 0.3 is 5.97 Å². The van der Waals surface area contributed by atoms with E-state index < -0.39 is 0 Å². The Morgan fingerprint density at radius 2 is 1.32 bits per heavy atom. The molecule has 0 aromatic heterocycles. The van der Waals surface area contributed by atoms with Crippen molar-refractivity contribution >= 4 is 5.97 Å². The molecule has 0 spiro atoms. The smallest absolute Gasteiger partial charge is 0.0899 e. The first-order valence-corrected chi connectivity index (χ1v) is 8.32. The van der Waals surface area contributed by atoms with E-state index in [4.69, 9.17) is 4.84 Å². The highest BCUT2D eigenvalue weighted by atomic mass is 16.7. The van der Waals surface area contributed by atoms with E-state index in [0.717, 1.165) is 32.2 Å². The molecule has 19 heavy (non-hydrogen) atoms. The minimum atomic E-state index is -0.0564. The Balaban J connectivity index is 3.10. The minimum Gasteiger partial charge on any atom is -0.0899 e. The van der Waals surface area contributed by atoms with Crippen molar-refractivity contribution in [3.8, 4) is 0 Å². The first kappa shape index (κ1) is 18.4. The van der Waals surface area contributed by atoms with Crippen molar-refractivity contribution in [2.24, 2.45) is 0 Å². The Bertz CT molecular complexity index is 195. The molecule has 113 valence electrons. The first-order chi connectivity index (χ1) is 9.31. The quantitative estimate of drug-likeness (QED) is 0.297. The van der Waals surface area contributed by atoms with Gasteiger partial charge < -0.3 is 0 Å². The molecule has 0 aromatic rings. The monoisotopic (exact) mass is 272 g/mol. The third-order valence-corrected chi connectivity index (χ3v) is 3.37. The lowest BCUT2D eigenvalue weighted by Crippen LogP contribution is -2.84. The molecular weight excluding hydrogens is 238 g/mol. The average Bonchev–Trinajstić information content (AvgIpc) is 2.42. The number of carbonyl (C=O) groups excluding carboxylic acids is 1. The fourth-order valence-electron chi connectivity index (χ4n) is 2.08. The van der Waals surface area contributed by atoms with Crippen LogP contribution in [0, 0.1) is 0 Å². The van der Waals surface area contributed by atoms with E-state index in [9.17, 15) is 4.79 Å². The van der Waals surface area contributed by atoms with Crippen LogP contribution in [0.5, 0.6) is 0 Å². The first-order valence-electron chi connectivity index (χ1n) is 8.32. The Morgan fingerprint density at radius 3 is 1.89 bits per heavy atom. The van der Waals surface area contributed by atoms with Crippen molar-refractivity contribution in [3.63, 3.8) is 0 Å². The van der Waals surface area contributed by atoms with Gasteiger partial charge in [0.1, 0.15) is 13.0 Å². The Morgan fingerprint density at radius 1 is 0.789 bits per heavy atom. The van der Waals surface area contributed by atoms with Crippen LogP contribution in [-0.2, 0) is 9.63 Å². The maximum Gasteiger partial charge on any atom is 0.638 e. The van der Waals surface area contributed by atoms with Gasteiger partial charge in [0, 0.05) is 6.42 Å². The number of nitrogens with two attached hydrogens (primary N) is 1. The summed E-state index contributed by atoms with van der Waals surface area (Å²) in [4.78, 5) is 16.4. The van der Waals surface area contributed by atoms with Gasteiger partial charge in [-0.15, -0.1) is 0 Å². The summed E-state index contributed by atoms with van der Waals surface area (Å²) >= 11 is 0. The number of quaternary nitrogens is 1.